The molecule has 0 aliphatic heterocycles. The van der Waals surface area contributed by atoms with Crippen molar-refractivity contribution in [3.63, 3.8) is 0 Å². The smallest absolute Gasteiger partial charge is 0.338 e. The van der Waals surface area contributed by atoms with E-state index in [0.29, 0.717) is 18.3 Å². The molecule has 0 heterocycles. The Kier molecular flexibility index (Phi) is 5.40. The van der Waals surface area contributed by atoms with Gasteiger partial charge in [-0.2, -0.15) is 0 Å². The summed E-state index contributed by atoms with van der Waals surface area (Å²) >= 11 is 0. The predicted molar refractivity (Wildman–Crippen MR) is 74.1 cm³/mol. The van der Waals surface area contributed by atoms with Crippen molar-refractivity contribution in [1.82, 2.24) is 0 Å². The van der Waals surface area contributed by atoms with E-state index in [2.05, 4.69) is 0 Å². The Hall–Kier alpha value is -1.35. The van der Waals surface area contributed by atoms with E-state index in [9.17, 15) is 4.79 Å². The number of ether oxygens (including phenoxy) is 2. The lowest BCUT2D eigenvalue weighted by atomic mass is 10.1. The van der Waals surface area contributed by atoms with E-state index in [4.69, 9.17) is 9.47 Å². The van der Waals surface area contributed by atoms with Crippen molar-refractivity contribution in [3.8, 4) is 0 Å². The topological polar surface area (TPSA) is 35.5 Å². The van der Waals surface area contributed by atoms with Crippen LogP contribution < -0.4 is 0 Å². The van der Waals surface area contributed by atoms with Gasteiger partial charge in [-0.25, -0.2) is 4.79 Å². The van der Waals surface area contributed by atoms with Crippen molar-refractivity contribution in [2.45, 2.75) is 51.2 Å². The fraction of sp³-hybridized carbons (Fsp3) is 0.562. The van der Waals surface area contributed by atoms with Crippen molar-refractivity contribution in [3.05, 3.63) is 35.4 Å². The van der Waals surface area contributed by atoms with E-state index >= 15 is 0 Å². The minimum Gasteiger partial charge on any atom is -0.465 e. The second-order valence-electron chi connectivity index (χ2n) is 5.07. The summed E-state index contributed by atoms with van der Waals surface area (Å²) in [4.78, 5) is 11.7. The van der Waals surface area contributed by atoms with Crippen molar-refractivity contribution in [2.75, 3.05) is 7.11 Å². The molecule has 1 fully saturated rings. The van der Waals surface area contributed by atoms with E-state index in [1.807, 2.05) is 18.2 Å². The van der Waals surface area contributed by atoms with Crippen LogP contribution in [0.25, 0.3) is 0 Å². The first kappa shape index (κ1) is 14.1. The van der Waals surface area contributed by atoms with Crippen LogP contribution in [0.5, 0.6) is 0 Å². The molecule has 3 nitrogen and oxygen atoms in total. The van der Waals surface area contributed by atoms with Gasteiger partial charge in [-0.3, -0.25) is 0 Å². The molecule has 3 heteroatoms. The van der Waals surface area contributed by atoms with Gasteiger partial charge in [0, 0.05) is 0 Å². The summed E-state index contributed by atoms with van der Waals surface area (Å²) < 4.78 is 10.8. The van der Waals surface area contributed by atoms with E-state index < -0.39 is 0 Å². The standard InChI is InChI=1S/C16H22O3/c1-18-16(17)15-11-7-6-8-13(15)12-19-14-9-4-2-3-5-10-14/h6-8,11,14H,2-5,9-10,12H2,1H3. The second-order valence-corrected chi connectivity index (χ2v) is 5.07. The fourth-order valence-electron chi connectivity index (χ4n) is 2.57. The lowest BCUT2D eigenvalue weighted by Gasteiger charge is -2.16. The van der Waals surface area contributed by atoms with E-state index in [1.54, 1.807) is 6.07 Å². The van der Waals surface area contributed by atoms with Crippen LogP contribution >= 0.6 is 0 Å². The van der Waals surface area contributed by atoms with E-state index in [1.165, 1.54) is 32.8 Å². The highest BCUT2D eigenvalue weighted by Gasteiger charge is 2.15. The summed E-state index contributed by atoms with van der Waals surface area (Å²) in [5.74, 6) is -0.292. The number of rotatable bonds is 4. The number of hydrogen-bond donors (Lipinski definition) is 0. The lowest BCUT2D eigenvalue weighted by molar-refractivity contribution is 0.0296. The molecule has 1 aromatic rings. The van der Waals surface area contributed by atoms with Crippen molar-refractivity contribution >= 4 is 5.97 Å². The van der Waals surface area contributed by atoms with Crippen LogP contribution in [0, 0.1) is 0 Å². The average Bonchev–Trinajstić information content (AvgIpc) is 2.73. The van der Waals surface area contributed by atoms with E-state index in [-0.39, 0.29) is 5.97 Å². The van der Waals surface area contributed by atoms with Gasteiger partial charge in [-0.15, -0.1) is 0 Å². The number of esters is 1. The first-order chi connectivity index (χ1) is 9.31. The maximum Gasteiger partial charge on any atom is 0.338 e. The molecule has 0 spiro atoms. The lowest BCUT2D eigenvalue weighted by Crippen LogP contribution is -2.13. The monoisotopic (exact) mass is 262 g/mol. The van der Waals surface area contributed by atoms with Crippen molar-refractivity contribution in [2.24, 2.45) is 0 Å². The molecular formula is C16H22O3. The van der Waals surface area contributed by atoms with Gasteiger partial charge < -0.3 is 9.47 Å². The number of carbonyl (C=O) groups is 1. The molecule has 2 rings (SSSR count). The second kappa shape index (κ2) is 7.29. The van der Waals surface area contributed by atoms with Gasteiger partial charge in [0.1, 0.15) is 0 Å². The summed E-state index contributed by atoms with van der Waals surface area (Å²) in [7, 11) is 1.41. The third-order valence-corrected chi connectivity index (χ3v) is 3.70. The van der Waals surface area contributed by atoms with Gasteiger partial charge in [-0.05, 0) is 24.5 Å². The Morgan fingerprint density at radius 2 is 1.84 bits per heavy atom. The summed E-state index contributed by atoms with van der Waals surface area (Å²) in [6, 6.07) is 7.50. The first-order valence-corrected chi connectivity index (χ1v) is 7.09. The SMILES string of the molecule is COC(=O)c1ccccc1COC1CCCCCC1. The minimum atomic E-state index is -0.292. The molecule has 0 N–H and O–H groups in total. The fourth-order valence-corrected chi connectivity index (χ4v) is 2.57. The molecule has 0 bridgehead atoms. The van der Waals surface area contributed by atoms with Crippen molar-refractivity contribution < 1.29 is 14.3 Å². The van der Waals surface area contributed by atoms with Crippen LogP contribution in [-0.2, 0) is 16.1 Å². The van der Waals surface area contributed by atoms with Crippen LogP contribution in [0.3, 0.4) is 0 Å². The van der Waals surface area contributed by atoms with Crippen LogP contribution in [-0.4, -0.2) is 19.2 Å². The Labute approximate surface area is 114 Å². The largest absolute Gasteiger partial charge is 0.465 e. The molecule has 0 amide bonds. The van der Waals surface area contributed by atoms with Crippen molar-refractivity contribution in [1.29, 1.82) is 0 Å². The molecule has 1 aliphatic carbocycles. The number of methoxy groups -OCH3 is 1. The van der Waals surface area contributed by atoms with Crippen LogP contribution in [0.2, 0.25) is 0 Å². The van der Waals surface area contributed by atoms with Gasteiger partial charge in [0.25, 0.3) is 0 Å². The summed E-state index contributed by atoms with van der Waals surface area (Å²) in [6.07, 6.45) is 7.76. The molecule has 19 heavy (non-hydrogen) atoms. The molecule has 1 aliphatic rings. The molecule has 0 radical (unpaired) electrons. The number of benzene rings is 1. The summed E-state index contributed by atoms with van der Waals surface area (Å²) in [6.45, 7) is 0.496. The Morgan fingerprint density at radius 3 is 2.53 bits per heavy atom. The Bertz CT molecular complexity index is 406. The molecule has 0 aromatic heterocycles. The highest BCUT2D eigenvalue weighted by Crippen LogP contribution is 2.21. The molecule has 1 saturated carbocycles. The number of hydrogen-bond acceptors (Lipinski definition) is 3. The third-order valence-electron chi connectivity index (χ3n) is 3.70. The van der Waals surface area contributed by atoms with Crippen LogP contribution in [0.4, 0.5) is 0 Å². The zero-order chi connectivity index (χ0) is 13.5. The maximum atomic E-state index is 11.7. The Balaban J connectivity index is 1.96. The molecule has 1 aromatic carbocycles. The van der Waals surface area contributed by atoms with Gasteiger partial charge in [0.2, 0.25) is 0 Å². The molecule has 0 unspecified atom stereocenters. The van der Waals surface area contributed by atoms with Gasteiger partial charge in [-0.1, -0.05) is 43.9 Å². The zero-order valence-corrected chi connectivity index (χ0v) is 11.6. The highest BCUT2D eigenvalue weighted by molar-refractivity contribution is 5.90. The third kappa shape index (κ3) is 4.06. The van der Waals surface area contributed by atoms with Gasteiger partial charge in [0.15, 0.2) is 0 Å². The zero-order valence-electron chi connectivity index (χ0n) is 11.6. The summed E-state index contributed by atoms with van der Waals surface area (Å²) in [5, 5.41) is 0. The van der Waals surface area contributed by atoms with Crippen LogP contribution in [0.1, 0.15) is 54.4 Å². The van der Waals surface area contributed by atoms with Gasteiger partial charge in [0.05, 0.1) is 25.4 Å². The van der Waals surface area contributed by atoms with Crippen LogP contribution in [0.15, 0.2) is 24.3 Å². The first-order valence-electron chi connectivity index (χ1n) is 7.09. The Morgan fingerprint density at radius 1 is 1.16 bits per heavy atom. The molecule has 0 saturated heterocycles. The highest BCUT2D eigenvalue weighted by atomic mass is 16.5. The number of carbonyl (C=O) groups excluding carboxylic acids is 1. The molecular weight excluding hydrogens is 240 g/mol. The van der Waals surface area contributed by atoms with E-state index in [0.717, 1.165) is 18.4 Å². The minimum absolute atomic E-state index is 0.292. The summed E-state index contributed by atoms with van der Waals surface area (Å²) in [5.41, 5.74) is 1.53. The molecule has 104 valence electrons. The quantitative estimate of drug-likeness (QED) is 0.613. The maximum absolute atomic E-state index is 11.7. The molecule has 0 atom stereocenters. The predicted octanol–water partition coefficient (Wildman–Crippen LogP) is 3.71. The van der Waals surface area contributed by atoms with Gasteiger partial charge >= 0.3 is 5.97 Å². The average molecular weight is 262 g/mol. The normalized spacial score (nSPS) is 16.9.